The molecule has 1 unspecified atom stereocenters. The number of carbonyl (C=O) groups is 1. The molecule has 9 heteroatoms. The molecule has 0 amide bonds. The molecule has 1 aliphatic heterocycles. The Kier molecular flexibility index (Phi) is 8.41. The Labute approximate surface area is 224 Å². The van der Waals surface area contributed by atoms with Gasteiger partial charge >= 0.3 is 5.97 Å². The van der Waals surface area contributed by atoms with E-state index in [9.17, 15) is 4.79 Å². The lowest BCUT2D eigenvalue weighted by Crippen LogP contribution is -2.31. The molecule has 190 valence electrons. The van der Waals surface area contributed by atoms with Gasteiger partial charge in [0.1, 0.15) is 18.4 Å². The standard InChI is InChI=1S/C27H31BrN4O3S/c1-6-13-36-27-30-26-29-18(5)23(25(33)35-16(2)3)24(32(26)31-27)21-14-20(28)11-12-22(21)34-15-19-10-8-7-9-17(19)4/h7-12,14,16,24H,6,13,15H2,1-5H3,(H,29,30,31). The van der Waals surface area contributed by atoms with Crippen LogP contribution in [0.2, 0.25) is 0 Å². The van der Waals surface area contributed by atoms with Gasteiger partial charge in [0.25, 0.3) is 0 Å². The second kappa shape index (κ2) is 11.5. The number of aromatic nitrogens is 3. The number of esters is 1. The highest BCUT2D eigenvalue weighted by molar-refractivity contribution is 9.10. The summed E-state index contributed by atoms with van der Waals surface area (Å²) >= 11 is 5.20. The van der Waals surface area contributed by atoms with Gasteiger partial charge in [-0.3, -0.25) is 0 Å². The van der Waals surface area contributed by atoms with E-state index < -0.39 is 12.0 Å². The fourth-order valence-corrected chi connectivity index (χ4v) is 5.07. The van der Waals surface area contributed by atoms with Gasteiger partial charge in [0, 0.05) is 21.5 Å². The number of allylic oxidation sites excluding steroid dienone is 1. The average Bonchev–Trinajstić information content (AvgIpc) is 3.23. The molecule has 1 N–H and O–H groups in total. The van der Waals surface area contributed by atoms with E-state index in [0.29, 0.717) is 34.7 Å². The molecule has 1 aromatic heterocycles. The summed E-state index contributed by atoms with van der Waals surface area (Å²) in [5, 5.41) is 8.71. The van der Waals surface area contributed by atoms with Crippen molar-refractivity contribution in [1.82, 2.24) is 14.8 Å². The fourth-order valence-electron chi connectivity index (χ4n) is 4.01. The maximum absolute atomic E-state index is 13.4. The zero-order valence-electron chi connectivity index (χ0n) is 21.2. The number of rotatable bonds is 9. The summed E-state index contributed by atoms with van der Waals surface area (Å²) in [7, 11) is 0. The Balaban J connectivity index is 1.81. The van der Waals surface area contributed by atoms with Gasteiger partial charge < -0.3 is 14.8 Å². The van der Waals surface area contributed by atoms with Crippen LogP contribution in [0.5, 0.6) is 5.75 Å². The minimum absolute atomic E-state index is 0.259. The van der Waals surface area contributed by atoms with Crippen LogP contribution in [0.15, 0.2) is 63.4 Å². The van der Waals surface area contributed by atoms with Gasteiger partial charge in [-0.2, -0.15) is 4.98 Å². The van der Waals surface area contributed by atoms with Crippen molar-refractivity contribution in [3.05, 3.63) is 74.9 Å². The van der Waals surface area contributed by atoms with Crippen LogP contribution in [0.3, 0.4) is 0 Å². The number of nitrogens with zero attached hydrogens (tertiary/aromatic N) is 3. The summed E-state index contributed by atoms with van der Waals surface area (Å²) in [6, 6.07) is 13.4. The SMILES string of the molecule is CCCSc1nc2n(n1)C(c1cc(Br)ccc1OCc1ccccc1C)C(C(=O)OC(C)C)=C(C)N2. The minimum atomic E-state index is -0.569. The molecule has 0 saturated heterocycles. The third-order valence-electron chi connectivity index (χ3n) is 5.74. The molecular formula is C27H31BrN4O3S. The summed E-state index contributed by atoms with van der Waals surface area (Å²) in [4.78, 5) is 18.1. The number of hydrogen-bond acceptors (Lipinski definition) is 7. The van der Waals surface area contributed by atoms with E-state index in [1.807, 2.05) is 51.1 Å². The van der Waals surface area contributed by atoms with Gasteiger partial charge in [0.15, 0.2) is 0 Å². The van der Waals surface area contributed by atoms with Crippen molar-refractivity contribution in [2.24, 2.45) is 0 Å². The van der Waals surface area contributed by atoms with E-state index in [-0.39, 0.29) is 6.10 Å². The monoisotopic (exact) mass is 570 g/mol. The van der Waals surface area contributed by atoms with Crippen molar-refractivity contribution in [2.45, 2.75) is 64.9 Å². The zero-order chi connectivity index (χ0) is 25.8. The first-order valence-corrected chi connectivity index (χ1v) is 13.8. The molecule has 0 radical (unpaired) electrons. The van der Waals surface area contributed by atoms with Crippen LogP contribution in [-0.4, -0.2) is 32.6 Å². The van der Waals surface area contributed by atoms with Crippen molar-refractivity contribution in [1.29, 1.82) is 0 Å². The topological polar surface area (TPSA) is 78.3 Å². The van der Waals surface area contributed by atoms with Crippen molar-refractivity contribution in [3.8, 4) is 5.75 Å². The lowest BCUT2D eigenvalue weighted by Gasteiger charge is -2.29. The van der Waals surface area contributed by atoms with Crippen molar-refractivity contribution in [2.75, 3.05) is 11.1 Å². The number of fused-ring (bicyclic) bond motifs is 1. The van der Waals surface area contributed by atoms with E-state index in [0.717, 1.165) is 33.3 Å². The number of benzene rings is 2. The van der Waals surface area contributed by atoms with Gasteiger partial charge in [-0.15, -0.1) is 5.10 Å². The second-order valence-electron chi connectivity index (χ2n) is 8.93. The van der Waals surface area contributed by atoms with Crippen molar-refractivity contribution >= 4 is 39.6 Å². The summed E-state index contributed by atoms with van der Waals surface area (Å²) < 4.78 is 14.7. The zero-order valence-corrected chi connectivity index (χ0v) is 23.6. The van der Waals surface area contributed by atoms with Crippen molar-refractivity contribution in [3.63, 3.8) is 0 Å². The van der Waals surface area contributed by atoms with E-state index in [1.54, 1.807) is 16.4 Å². The van der Waals surface area contributed by atoms with Gasteiger partial charge in [0.05, 0.1) is 11.7 Å². The highest BCUT2D eigenvalue weighted by Gasteiger charge is 2.37. The van der Waals surface area contributed by atoms with Crippen LogP contribution in [0.1, 0.15) is 56.8 Å². The van der Waals surface area contributed by atoms with Gasteiger partial charge in [0.2, 0.25) is 11.1 Å². The molecule has 0 aliphatic carbocycles. The van der Waals surface area contributed by atoms with Crippen LogP contribution in [0, 0.1) is 6.92 Å². The molecule has 0 spiro atoms. The second-order valence-corrected chi connectivity index (χ2v) is 10.9. The lowest BCUT2D eigenvalue weighted by atomic mass is 9.95. The largest absolute Gasteiger partial charge is 0.489 e. The normalized spacial score (nSPS) is 15.0. The third-order valence-corrected chi connectivity index (χ3v) is 7.28. The summed E-state index contributed by atoms with van der Waals surface area (Å²) in [5.74, 6) is 1.76. The molecule has 1 aliphatic rings. The molecule has 2 aromatic carbocycles. The van der Waals surface area contributed by atoms with Crippen molar-refractivity contribution < 1.29 is 14.3 Å². The Morgan fingerprint density at radius 1 is 1.22 bits per heavy atom. The van der Waals surface area contributed by atoms with Gasteiger partial charge in [-0.1, -0.05) is 58.9 Å². The van der Waals surface area contributed by atoms with Gasteiger partial charge in [-0.25, -0.2) is 9.48 Å². The number of carbonyl (C=O) groups excluding carboxylic acids is 1. The van der Waals surface area contributed by atoms with Crippen LogP contribution in [0.4, 0.5) is 5.95 Å². The molecule has 1 atom stereocenters. The molecule has 7 nitrogen and oxygen atoms in total. The Morgan fingerprint density at radius 2 is 2.00 bits per heavy atom. The maximum atomic E-state index is 13.4. The fraction of sp³-hybridized carbons (Fsp3) is 0.370. The van der Waals surface area contributed by atoms with Gasteiger partial charge in [-0.05, 0) is 63.4 Å². The first-order valence-electron chi connectivity index (χ1n) is 12.0. The van der Waals surface area contributed by atoms with Crippen LogP contribution < -0.4 is 10.1 Å². The first-order chi connectivity index (χ1) is 17.3. The number of anilines is 1. The molecule has 4 rings (SSSR count). The smallest absolute Gasteiger partial charge is 0.338 e. The highest BCUT2D eigenvalue weighted by Crippen LogP contribution is 2.41. The Bertz CT molecular complexity index is 1290. The molecule has 2 heterocycles. The Morgan fingerprint density at radius 3 is 2.72 bits per heavy atom. The predicted molar refractivity (Wildman–Crippen MR) is 146 cm³/mol. The van der Waals surface area contributed by atoms with E-state index in [1.165, 1.54) is 0 Å². The molecule has 3 aromatic rings. The van der Waals surface area contributed by atoms with E-state index in [4.69, 9.17) is 19.6 Å². The van der Waals surface area contributed by atoms with Crippen LogP contribution in [-0.2, 0) is 16.1 Å². The number of nitrogens with one attached hydrogen (secondary N) is 1. The molecule has 0 bridgehead atoms. The van der Waals surface area contributed by atoms with E-state index in [2.05, 4.69) is 47.2 Å². The average molecular weight is 572 g/mol. The summed E-state index contributed by atoms with van der Waals surface area (Å²) in [5.41, 5.74) is 4.22. The van der Waals surface area contributed by atoms with E-state index >= 15 is 0 Å². The highest BCUT2D eigenvalue weighted by atomic mass is 79.9. The molecular weight excluding hydrogens is 540 g/mol. The van der Waals surface area contributed by atoms with Crippen LogP contribution in [0.25, 0.3) is 0 Å². The molecule has 0 fully saturated rings. The lowest BCUT2D eigenvalue weighted by molar-refractivity contribution is -0.143. The quantitative estimate of drug-likeness (QED) is 0.227. The number of thioether (sulfide) groups is 1. The first kappa shape index (κ1) is 26.3. The minimum Gasteiger partial charge on any atom is -0.489 e. The van der Waals surface area contributed by atoms with Crippen LogP contribution >= 0.6 is 27.7 Å². The maximum Gasteiger partial charge on any atom is 0.338 e. The summed E-state index contributed by atoms with van der Waals surface area (Å²) in [6.45, 7) is 10.1. The molecule has 36 heavy (non-hydrogen) atoms. The Hall–Kier alpha value is -2.78. The molecule has 0 saturated carbocycles. The number of aryl methyl sites for hydroxylation is 1. The number of hydrogen-bond donors (Lipinski definition) is 1. The number of halogens is 1. The predicted octanol–water partition coefficient (Wildman–Crippen LogP) is 6.67. The summed E-state index contributed by atoms with van der Waals surface area (Å²) in [6.07, 6.45) is 0.752. The number of ether oxygens (including phenoxy) is 2. The third kappa shape index (κ3) is 5.78.